The maximum Gasteiger partial charge on any atom is 0.0540 e. The van der Waals surface area contributed by atoms with Gasteiger partial charge in [0.1, 0.15) is 0 Å². The van der Waals surface area contributed by atoms with Gasteiger partial charge in [0.15, 0.2) is 0 Å². The number of rotatable bonds is 4. The van der Waals surface area contributed by atoms with Crippen LogP contribution in [0.3, 0.4) is 0 Å². The normalized spacial score (nSPS) is 14.9. The summed E-state index contributed by atoms with van der Waals surface area (Å²) in [6.45, 7) is 9.58. The van der Waals surface area contributed by atoms with E-state index in [4.69, 9.17) is 0 Å². The quantitative estimate of drug-likeness (QED) is 0.248. The van der Waals surface area contributed by atoms with E-state index in [1.54, 1.807) is 0 Å². The molecule has 182 valence electrons. The monoisotopic (exact) mass is 479 g/mol. The molecule has 1 nitrogen and oxygen atoms in total. The van der Waals surface area contributed by atoms with Crippen LogP contribution >= 0.6 is 0 Å². The van der Waals surface area contributed by atoms with Crippen molar-refractivity contribution in [3.63, 3.8) is 0 Å². The number of para-hydroxylation sites is 3. The molecule has 0 radical (unpaired) electrons. The molecule has 0 saturated carbocycles. The molecule has 5 aromatic carbocycles. The lowest BCUT2D eigenvalue weighted by Gasteiger charge is -2.48. The molecule has 0 saturated heterocycles. The van der Waals surface area contributed by atoms with Crippen LogP contribution in [0.2, 0.25) is 0 Å². The first-order valence-electron chi connectivity index (χ1n) is 13.1. The van der Waals surface area contributed by atoms with Crippen molar-refractivity contribution in [2.75, 3.05) is 4.90 Å². The summed E-state index contributed by atoms with van der Waals surface area (Å²) in [5, 5.41) is 0. The van der Waals surface area contributed by atoms with Crippen molar-refractivity contribution in [1.82, 2.24) is 0 Å². The van der Waals surface area contributed by atoms with Crippen LogP contribution < -0.4 is 4.90 Å². The van der Waals surface area contributed by atoms with E-state index in [-0.39, 0.29) is 10.8 Å². The van der Waals surface area contributed by atoms with Crippen molar-refractivity contribution in [3.05, 3.63) is 139 Å². The Morgan fingerprint density at radius 1 is 0.432 bits per heavy atom. The SMILES string of the molecule is CC1(C)c2ccccc2-c2ccc(-c3ccccc3N(c3ccccc3)c3ccccc3)cc2C1(C)C. The van der Waals surface area contributed by atoms with Crippen LogP contribution in [0.15, 0.2) is 127 Å². The molecule has 0 unspecified atom stereocenters. The molecule has 0 bridgehead atoms. The third kappa shape index (κ3) is 3.69. The van der Waals surface area contributed by atoms with Crippen LogP contribution in [0.1, 0.15) is 38.8 Å². The van der Waals surface area contributed by atoms with Crippen molar-refractivity contribution in [3.8, 4) is 22.3 Å². The Hall–Kier alpha value is -4.10. The summed E-state index contributed by atoms with van der Waals surface area (Å²) in [4.78, 5) is 2.36. The molecule has 0 heterocycles. The maximum absolute atomic E-state index is 2.44. The number of hydrogen-bond donors (Lipinski definition) is 0. The second kappa shape index (κ2) is 8.78. The van der Waals surface area contributed by atoms with Crippen molar-refractivity contribution in [2.45, 2.75) is 38.5 Å². The highest BCUT2D eigenvalue weighted by Gasteiger charge is 2.45. The van der Waals surface area contributed by atoms with E-state index in [1.807, 2.05) is 0 Å². The zero-order valence-corrected chi connectivity index (χ0v) is 22.1. The van der Waals surface area contributed by atoms with Gasteiger partial charge >= 0.3 is 0 Å². The zero-order valence-electron chi connectivity index (χ0n) is 22.1. The summed E-state index contributed by atoms with van der Waals surface area (Å²) >= 11 is 0. The number of hydrogen-bond acceptors (Lipinski definition) is 1. The fraction of sp³-hybridized carbons (Fsp3) is 0.167. The van der Waals surface area contributed by atoms with E-state index in [9.17, 15) is 0 Å². The third-order valence-electron chi connectivity index (χ3n) is 8.63. The summed E-state index contributed by atoms with van der Waals surface area (Å²) in [6.07, 6.45) is 0. The van der Waals surface area contributed by atoms with Crippen LogP contribution in [0.25, 0.3) is 22.3 Å². The van der Waals surface area contributed by atoms with Crippen LogP contribution in [-0.4, -0.2) is 0 Å². The fourth-order valence-electron chi connectivity index (χ4n) is 5.89. The fourth-order valence-corrected chi connectivity index (χ4v) is 5.89. The van der Waals surface area contributed by atoms with Gasteiger partial charge in [-0.15, -0.1) is 0 Å². The summed E-state index contributed by atoms with van der Waals surface area (Å²) in [7, 11) is 0. The number of fused-ring (bicyclic) bond motifs is 3. The van der Waals surface area contributed by atoms with Crippen LogP contribution in [0.4, 0.5) is 17.1 Å². The molecular formula is C36H33N. The first-order valence-corrected chi connectivity index (χ1v) is 13.1. The maximum atomic E-state index is 2.44. The van der Waals surface area contributed by atoms with Crippen LogP contribution in [-0.2, 0) is 10.8 Å². The second-order valence-electron chi connectivity index (χ2n) is 11.1. The minimum atomic E-state index is -0.0276. The van der Waals surface area contributed by atoms with Crippen LogP contribution in [0.5, 0.6) is 0 Å². The molecule has 0 amide bonds. The Kier molecular flexibility index (Phi) is 5.53. The van der Waals surface area contributed by atoms with Gasteiger partial charge in [-0.25, -0.2) is 0 Å². The molecule has 0 aliphatic heterocycles. The lowest BCUT2D eigenvalue weighted by molar-refractivity contribution is 0.299. The summed E-state index contributed by atoms with van der Waals surface area (Å²) in [6, 6.07) is 46.1. The number of benzene rings is 5. The van der Waals surface area contributed by atoms with Crippen LogP contribution in [0, 0.1) is 0 Å². The zero-order chi connectivity index (χ0) is 25.6. The summed E-state index contributed by atoms with van der Waals surface area (Å²) in [5.74, 6) is 0. The Labute approximate surface area is 221 Å². The molecule has 1 heteroatoms. The van der Waals surface area contributed by atoms with E-state index < -0.39 is 0 Å². The topological polar surface area (TPSA) is 3.24 Å². The van der Waals surface area contributed by atoms with Gasteiger partial charge in [0, 0.05) is 16.9 Å². The minimum Gasteiger partial charge on any atom is -0.310 e. The molecule has 6 rings (SSSR count). The third-order valence-corrected chi connectivity index (χ3v) is 8.63. The first kappa shape index (κ1) is 23.3. The lowest BCUT2D eigenvalue weighted by atomic mass is 9.55. The Balaban J connectivity index is 1.57. The Morgan fingerprint density at radius 3 is 1.57 bits per heavy atom. The highest BCUT2D eigenvalue weighted by Crippen LogP contribution is 2.54. The molecule has 37 heavy (non-hydrogen) atoms. The molecule has 1 aliphatic carbocycles. The van der Waals surface area contributed by atoms with E-state index in [0.29, 0.717) is 0 Å². The minimum absolute atomic E-state index is 0.00878. The molecule has 0 N–H and O–H groups in total. The molecular weight excluding hydrogens is 446 g/mol. The molecule has 1 aliphatic rings. The van der Waals surface area contributed by atoms with Gasteiger partial charge in [0.2, 0.25) is 0 Å². The average Bonchev–Trinajstić information content (AvgIpc) is 2.94. The summed E-state index contributed by atoms with van der Waals surface area (Å²) in [5.41, 5.74) is 11.5. The number of anilines is 3. The van der Waals surface area contributed by atoms with E-state index >= 15 is 0 Å². The summed E-state index contributed by atoms with van der Waals surface area (Å²) < 4.78 is 0. The lowest BCUT2D eigenvalue weighted by Crippen LogP contribution is -2.43. The van der Waals surface area contributed by atoms with Gasteiger partial charge in [-0.3, -0.25) is 0 Å². The van der Waals surface area contributed by atoms with Crippen molar-refractivity contribution < 1.29 is 0 Å². The van der Waals surface area contributed by atoms with Crippen molar-refractivity contribution >= 4 is 17.1 Å². The van der Waals surface area contributed by atoms with Gasteiger partial charge in [-0.2, -0.15) is 0 Å². The molecule has 0 fully saturated rings. The first-order chi connectivity index (χ1) is 17.9. The second-order valence-corrected chi connectivity index (χ2v) is 11.1. The van der Waals surface area contributed by atoms with E-state index in [1.165, 1.54) is 39.1 Å². The van der Waals surface area contributed by atoms with Gasteiger partial charge in [-0.1, -0.05) is 119 Å². The average molecular weight is 480 g/mol. The molecule has 0 spiro atoms. The van der Waals surface area contributed by atoms with E-state index in [0.717, 1.165) is 11.4 Å². The molecule has 0 atom stereocenters. The van der Waals surface area contributed by atoms with Crippen molar-refractivity contribution in [2.24, 2.45) is 0 Å². The van der Waals surface area contributed by atoms with Gasteiger partial charge in [0.25, 0.3) is 0 Å². The van der Waals surface area contributed by atoms with E-state index in [2.05, 4.69) is 160 Å². The predicted octanol–water partition coefficient (Wildman–Crippen LogP) is 10.1. The molecule has 5 aromatic rings. The Morgan fingerprint density at radius 2 is 0.919 bits per heavy atom. The smallest absolute Gasteiger partial charge is 0.0540 e. The highest BCUT2D eigenvalue weighted by atomic mass is 15.1. The highest BCUT2D eigenvalue weighted by molar-refractivity contribution is 5.89. The van der Waals surface area contributed by atoms with Gasteiger partial charge in [-0.05, 0) is 75.0 Å². The number of nitrogens with zero attached hydrogens (tertiary/aromatic N) is 1. The van der Waals surface area contributed by atoms with Gasteiger partial charge in [0.05, 0.1) is 5.69 Å². The van der Waals surface area contributed by atoms with Gasteiger partial charge < -0.3 is 4.90 Å². The predicted molar refractivity (Wildman–Crippen MR) is 158 cm³/mol. The Bertz CT molecular complexity index is 1520. The van der Waals surface area contributed by atoms with Crippen molar-refractivity contribution in [1.29, 1.82) is 0 Å². The molecule has 0 aromatic heterocycles. The largest absolute Gasteiger partial charge is 0.310 e. The standard InChI is InChI=1S/C36H33N/c1-35(2)32-21-13-11-20-30(32)31-24-23-26(25-33(31)36(35,3)4)29-19-12-14-22-34(29)37(27-15-7-5-8-16-27)28-17-9-6-10-18-28/h5-25H,1-4H3.